The summed E-state index contributed by atoms with van der Waals surface area (Å²) in [6, 6.07) is 17.3. The number of nitrogens with one attached hydrogen (secondary N) is 1. The predicted octanol–water partition coefficient (Wildman–Crippen LogP) is 5.50. The molecule has 0 saturated heterocycles. The molecule has 194 valence electrons. The Labute approximate surface area is 225 Å². The van der Waals surface area contributed by atoms with Gasteiger partial charge in [0.15, 0.2) is 11.5 Å². The smallest absolute Gasteiger partial charge is 0.241 e. The minimum atomic E-state index is -0.616. The molecular weight excluding hydrogens is 515 g/mol. The zero-order valence-corrected chi connectivity index (χ0v) is 22.4. The van der Waals surface area contributed by atoms with E-state index in [1.807, 2.05) is 42.5 Å². The molecular formula is C28H28ClFN2O4S. The van der Waals surface area contributed by atoms with Crippen LogP contribution in [0.2, 0.25) is 5.02 Å². The molecule has 0 radical (unpaired) electrons. The van der Waals surface area contributed by atoms with Crippen LogP contribution in [0.3, 0.4) is 0 Å². The highest BCUT2D eigenvalue weighted by Gasteiger charge is 2.39. The molecule has 4 rings (SSSR count). The molecule has 1 aliphatic rings. The Morgan fingerprint density at radius 1 is 1.11 bits per heavy atom. The van der Waals surface area contributed by atoms with Crippen LogP contribution in [-0.4, -0.2) is 37.8 Å². The van der Waals surface area contributed by atoms with Gasteiger partial charge in [-0.05, 0) is 53.9 Å². The van der Waals surface area contributed by atoms with Crippen LogP contribution in [0.25, 0.3) is 0 Å². The number of benzene rings is 3. The summed E-state index contributed by atoms with van der Waals surface area (Å²) < 4.78 is 24.2. The van der Waals surface area contributed by atoms with Crippen molar-refractivity contribution in [3.63, 3.8) is 0 Å². The summed E-state index contributed by atoms with van der Waals surface area (Å²) in [5.74, 6) is -0.141. The van der Waals surface area contributed by atoms with Crippen LogP contribution >= 0.6 is 23.4 Å². The van der Waals surface area contributed by atoms with E-state index in [4.69, 9.17) is 21.1 Å². The van der Waals surface area contributed by atoms with Crippen molar-refractivity contribution in [2.24, 2.45) is 5.92 Å². The van der Waals surface area contributed by atoms with Gasteiger partial charge in [-0.15, -0.1) is 11.8 Å². The largest absolute Gasteiger partial charge is 0.493 e. The third kappa shape index (κ3) is 6.02. The lowest BCUT2D eigenvalue weighted by molar-refractivity contribution is -0.128. The van der Waals surface area contributed by atoms with E-state index in [0.717, 1.165) is 16.1 Å². The summed E-state index contributed by atoms with van der Waals surface area (Å²) in [5.41, 5.74) is 2.36. The number of para-hydroxylation sites is 1. The summed E-state index contributed by atoms with van der Waals surface area (Å²) in [6.45, 7) is 2.35. The van der Waals surface area contributed by atoms with Crippen molar-refractivity contribution in [3.8, 4) is 11.5 Å². The fourth-order valence-corrected chi connectivity index (χ4v) is 5.72. The van der Waals surface area contributed by atoms with E-state index in [1.54, 1.807) is 32.1 Å². The van der Waals surface area contributed by atoms with Crippen molar-refractivity contribution in [1.29, 1.82) is 0 Å². The summed E-state index contributed by atoms with van der Waals surface area (Å²) >= 11 is 7.64. The molecule has 0 bridgehead atoms. The second-order valence-corrected chi connectivity index (χ2v) is 10.3. The minimum absolute atomic E-state index is 0.180. The lowest BCUT2D eigenvalue weighted by Crippen LogP contribution is -2.47. The first-order valence-corrected chi connectivity index (χ1v) is 13.1. The summed E-state index contributed by atoms with van der Waals surface area (Å²) in [7, 11) is 3.16. The number of halogens is 2. The number of anilines is 1. The van der Waals surface area contributed by atoms with Crippen LogP contribution in [0.1, 0.15) is 18.1 Å². The molecule has 3 aromatic carbocycles. The normalized spacial score (nSPS) is 15.6. The lowest BCUT2D eigenvalue weighted by atomic mass is 10.0. The molecule has 0 aromatic heterocycles. The maximum absolute atomic E-state index is 13.6. The molecule has 1 heterocycles. The SMILES string of the molecule is COc1ccc(CCNC(=O)[C@H](C)[C@H]2Sc3ccccc3N(Cc3ccc(F)cc3Cl)C2=O)cc1OC. The van der Waals surface area contributed by atoms with Gasteiger partial charge in [-0.2, -0.15) is 0 Å². The average molecular weight is 543 g/mol. The topological polar surface area (TPSA) is 67.9 Å². The van der Waals surface area contributed by atoms with Crippen LogP contribution in [0.5, 0.6) is 11.5 Å². The summed E-state index contributed by atoms with van der Waals surface area (Å²) in [5, 5.41) is 2.60. The maximum atomic E-state index is 13.6. The highest BCUT2D eigenvalue weighted by atomic mass is 35.5. The highest BCUT2D eigenvalue weighted by Crippen LogP contribution is 2.42. The number of fused-ring (bicyclic) bond motifs is 1. The second-order valence-electron chi connectivity index (χ2n) is 8.69. The Morgan fingerprint density at radius 2 is 1.86 bits per heavy atom. The van der Waals surface area contributed by atoms with Gasteiger partial charge in [0, 0.05) is 16.5 Å². The van der Waals surface area contributed by atoms with Gasteiger partial charge in [-0.25, -0.2) is 4.39 Å². The average Bonchev–Trinajstić information content (AvgIpc) is 2.90. The van der Waals surface area contributed by atoms with E-state index < -0.39 is 17.0 Å². The minimum Gasteiger partial charge on any atom is -0.493 e. The van der Waals surface area contributed by atoms with E-state index in [-0.39, 0.29) is 23.4 Å². The molecule has 0 aliphatic carbocycles. The number of thioether (sulfide) groups is 1. The number of ether oxygens (including phenoxy) is 2. The standard InChI is InChI=1S/C28H28ClFN2O4S/c1-17(27(33)31-13-12-18-8-11-23(35-2)24(14-18)36-3)26-28(34)32(22-6-4-5-7-25(22)37-26)16-19-9-10-20(30)15-21(19)29/h4-11,14-15,17,26H,12-13,16H2,1-3H3,(H,31,33)/t17-,26-/m1/s1. The maximum Gasteiger partial charge on any atom is 0.241 e. The van der Waals surface area contributed by atoms with Crippen molar-refractivity contribution in [1.82, 2.24) is 5.32 Å². The molecule has 0 unspecified atom stereocenters. The first-order valence-electron chi connectivity index (χ1n) is 11.8. The number of hydrogen-bond acceptors (Lipinski definition) is 5. The molecule has 9 heteroatoms. The monoisotopic (exact) mass is 542 g/mol. The molecule has 2 atom stereocenters. The number of nitrogens with zero attached hydrogens (tertiary/aromatic N) is 1. The second kappa shape index (κ2) is 11.9. The Balaban J connectivity index is 1.46. The molecule has 1 aliphatic heterocycles. The van der Waals surface area contributed by atoms with Gasteiger partial charge >= 0.3 is 0 Å². The third-order valence-corrected chi connectivity index (χ3v) is 8.11. The van der Waals surface area contributed by atoms with E-state index >= 15 is 0 Å². The van der Waals surface area contributed by atoms with E-state index in [1.165, 1.54) is 23.9 Å². The molecule has 0 saturated carbocycles. The Hall–Kier alpha value is -3.23. The van der Waals surface area contributed by atoms with Crippen molar-refractivity contribution >= 4 is 40.9 Å². The van der Waals surface area contributed by atoms with Crippen LogP contribution in [0.15, 0.2) is 65.6 Å². The predicted molar refractivity (Wildman–Crippen MR) is 144 cm³/mol. The molecule has 1 N–H and O–H groups in total. The number of methoxy groups -OCH3 is 2. The Bertz CT molecular complexity index is 1300. The van der Waals surface area contributed by atoms with Crippen molar-refractivity contribution in [2.75, 3.05) is 25.7 Å². The van der Waals surface area contributed by atoms with E-state index in [2.05, 4.69) is 5.32 Å². The Kier molecular flexibility index (Phi) is 8.61. The van der Waals surface area contributed by atoms with Gasteiger partial charge in [0.2, 0.25) is 11.8 Å². The van der Waals surface area contributed by atoms with Crippen molar-refractivity contribution in [3.05, 3.63) is 82.6 Å². The Morgan fingerprint density at radius 3 is 2.59 bits per heavy atom. The van der Waals surface area contributed by atoms with Gasteiger partial charge in [0.25, 0.3) is 0 Å². The number of amides is 2. The van der Waals surface area contributed by atoms with Gasteiger partial charge in [-0.1, -0.05) is 42.8 Å². The molecule has 37 heavy (non-hydrogen) atoms. The summed E-state index contributed by atoms with van der Waals surface area (Å²) in [4.78, 5) is 29.2. The number of rotatable bonds is 9. The van der Waals surface area contributed by atoms with Gasteiger partial charge in [0.05, 0.1) is 32.4 Å². The quantitative estimate of drug-likeness (QED) is 0.387. The summed E-state index contributed by atoms with van der Waals surface area (Å²) in [6.07, 6.45) is 0.600. The van der Waals surface area contributed by atoms with Gasteiger partial charge in [-0.3, -0.25) is 9.59 Å². The van der Waals surface area contributed by atoms with E-state index in [0.29, 0.717) is 30.0 Å². The molecule has 0 fully saturated rings. The van der Waals surface area contributed by atoms with Crippen molar-refractivity contribution < 1.29 is 23.5 Å². The first kappa shape index (κ1) is 26.8. The van der Waals surface area contributed by atoms with Crippen LogP contribution < -0.4 is 19.7 Å². The molecule has 0 spiro atoms. The molecule has 2 amide bonds. The first-order chi connectivity index (χ1) is 17.8. The fraction of sp³-hybridized carbons (Fsp3) is 0.286. The number of hydrogen-bond donors (Lipinski definition) is 1. The number of carbonyl (C=O) groups excluding carboxylic acids is 2. The van der Waals surface area contributed by atoms with Gasteiger partial charge < -0.3 is 19.7 Å². The van der Waals surface area contributed by atoms with Crippen molar-refractivity contribution in [2.45, 2.75) is 30.0 Å². The lowest BCUT2D eigenvalue weighted by Gasteiger charge is -2.36. The van der Waals surface area contributed by atoms with Crippen LogP contribution in [-0.2, 0) is 22.6 Å². The highest BCUT2D eigenvalue weighted by molar-refractivity contribution is 8.01. The molecule has 6 nitrogen and oxygen atoms in total. The zero-order chi connectivity index (χ0) is 26.5. The number of carbonyl (C=O) groups is 2. The third-order valence-electron chi connectivity index (χ3n) is 6.29. The van der Waals surface area contributed by atoms with Gasteiger partial charge in [0.1, 0.15) is 11.1 Å². The zero-order valence-electron chi connectivity index (χ0n) is 20.8. The van der Waals surface area contributed by atoms with E-state index in [9.17, 15) is 14.0 Å². The molecule has 3 aromatic rings. The van der Waals surface area contributed by atoms with Crippen LogP contribution in [0.4, 0.5) is 10.1 Å². The van der Waals surface area contributed by atoms with Crippen LogP contribution in [0, 0.1) is 11.7 Å². The fourth-order valence-electron chi connectivity index (χ4n) is 4.20.